The minimum absolute atomic E-state index is 0.147. The fourth-order valence-electron chi connectivity index (χ4n) is 2.30. The Labute approximate surface area is 86.1 Å². The van der Waals surface area contributed by atoms with E-state index in [9.17, 15) is 4.79 Å². The molecule has 0 aromatic heterocycles. The molecule has 2 fully saturated rings. The topological polar surface area (TPSA) is 23.6 Å². The standard InChI is InChI=1S/C11H20N2O/c1-9(2)10(14)13-7-6-12(3)11(8-13)4-5-11/h9H,4-8H2,1-3H3. The summed E-state index contributed by atoms with van der Waals surface area (Å²) in [5.74, 6) is 0.471. The summed E-state index contributed by atoms with van der Waals surface area (Å²) >= 11 is 0. The third kappa shape index (κ3) is 1.54. The van der Waals surface area contributed by atoms with E-state index in [4.69, 9.17) is 0 Å². The second-order valence-electron chi connectivity index (χ2n) is 5.06. The second-order valence-corrected chi connectivity index (χ2v) is 5.06. The van der Waals surface area contributed by atoms with Gasteiger partial charge >= 0.3 is 0 Å². The molecule has 1 aliphatic heterocycles. The molecule has 0 aromatic rings. The Morgan fingerprint density at radius 1 is 1.29 bits per heavy atom. The van der Waals surface area contributed by atoms with Crippen LogP contribution in [0.3, 0.4) is 0 Å². The van der Waals surface area contributed by atoms with E-state index < -0.39 is 0 Å². The number of rotatable bonds is 1. The summed E-state index contributed by atoms with van der Waals surface area (Å²) in [5, 5.41) is 0. The third-order valence-electron chi connectivity index (χ3n) is 3.63. The van der Waals surface area contributed by atoms with Gasteiger partial charge in [0.2, 0.25) is 5.91 Å². The number of hydrogen-bond donors (Lipinski definition) is 0. The molecule has 80 valence electrons. The van der Waals surface area contributed by atoms with Crippen molar-refractivity contribution in [1.82, 2.24) is 9.80 Å². The highest BCUT2D eigenvalue weighted by molar-refractivity contribution is 5.78. The van der Waals surface area contributed by atoms with Crippen LogP contribution in [0, 0.1) is 5.92 Å². The Kier molecular flexibility index (Phi) is 2.30. The van der Waals surface area contributed by atoms with Crippen molar-refractivity contribution in [2.75, 3.05) is 26.7 Å². The highest BCUT2D eigenvalue weighted by Crippen LogP contribution is 2.43. The van der Waals surface area contributed by atoms with Crippen LogP contribution in [-0.4, -0.2) is 47.9 Å². The molecule has 3 nitrogen and oxygen atoms in total. The molecule has 1 aliphatic carbocycles. The normalized spacial score (nSPS) is 25.9. The summed E-state index contributed by atoms with van der Waals surface area (Å²) < 4.78 is 0. The maximum atomic E-state index is 11.8. The summed E-state index contributed by atoms with van der Waals surface area (Å²) in [7, 11) is 2.18. The minimum Gasteiger partial charge on any atom is -0.339 e. The monoisotopic (exact) mass is 196 g/mol. The van der Waals surface area contributed by atoms with Gasteiger partial charge in [0, 0.05) is 31.1 Å². The predicted octanol–water partition coefficient (Wildman–Crippen LogP) is 0.949. The van der Waals surface area contributed by atoms with Gasteiger partial charge in [-0.2, -0.15) is 0 Å². The summed E-state index contributed by atoms with van der Waals surface area (Å²) in [6.45, 7) is 6.88. The van der Waals surface area contributed by atoms with Gasteiger partial charge < -0.3 is 4.90 Å². The van der Waals surface area contributed by atoms with Crippen molar-refractivity contribution in [2.45, 2.75) is 32.2 Å². The van der Waals surface area contributed by atoms with Gasteiger partial charge in [0.15, 0.2) is 0 Å². The number of carbonyl (C=O) groups is 1. The van der Waals surface area contributed by atoms with E-state index in [1.54, 1.807) is 0 Å². The Morgan fingerprint density at radius 3 is 2.43 bits per heavy atom. The highest BCUT2D eigenvalue weighted by Gasteiger charge is 2.50. The number of hydrogen-bond acceptors (Lipinski definition) is 2. The molecular formula is C11H20N2O. The van der Waals surface area contributed by atoms with Crippen LogP contribution in [0.4, 0.5) is 0 Å². The minimum atomic E-state index is 0.147. The predicted molar refractivity (Wildman–Crippen MR) is 56.0 cm³/mol. The zero-order valence-electron chi connectivity index (χ0n) is 9.42. The molecule has 0 bridgehead atoms. The van der Waals surface area contributed by atoms with Crippen molar-refractivity contribution in [3.8, 4) is 0 Å². The molecule has 3 heteroatoms. The van der Waals surface area contributed by atoms with Crippen LogP contribution in [0.5, 0.6) is 0 Å². The van der Waals surface area contributed by atoms with Gasteiger partial charge in [-0.1, -0.05) is 13.8 Å². The quantitative estimate of drug-likeness (QED) is 0.623. The maximum absolute atomic E-state index is 11.8. The van der Waals surface area contributed by atoms with E-state index in [2.05, 4.69) is 16.8 Å². The summed E-state index contributed by atoms with van der Waals surface area (Å²) in [4.78, 5) is 16.3. The van der Waals surface area contributed by atoms with Crippen LogP contribution in [0.15, 0.2) is 0 Å². The zero-order chi connectivity index (χ0) is 10.3. The Morgan fingerprint density at radius 2 is 1.93 bits per heavy atom. The van der Waals surface area contributed by atoms with Crippen LogP contribution >= 0.6 is 0 Å². The summed E-state index contributed by atoms with van der Waals surface area (Å²) in [6, 6.07) is 0. The first-order valence-corrected chi connectivity index (χ1v) is 5.55. The summed E-state index contributed by atoms with van der Waals surface area (Å²) in [6.07, 6.45) is 2.54. The fourth-order valence-corrected chi connectivity index (χ4v) is 2.30. The molecule has 0 N–H and O–H groups in total. The molecule has 0 unspecified atom stereocenters. The molecule has 1 heterocycles. The van der Waals surface area contributed by atoms with Crippen molar-refractivity contribution >= 4 is 5.91 Å². The van der Waals surface area contributed by atoms with E-state index in [0.717, 1.165) is 19.6 Å². The first kappa shape index (κ1) is 9.97. The maximum Gasteiger partial charge on any atom is 0.225 e. The van der Waals surface area contributed by atoms with E-state index in [0.29, 0.717) is 11.4 Å². The molecule has 1 saturated heterocycles. The Bertz CT molecular complexity index is 246. The van der Waals surface area contributed by atoms with Gasteiger partial charge in [-0.05, 0) is 19.9 Å². The summed E-state index contributed by atoms with van der Waals surface area (Å²) in [5.41, 5.74) is 0.364. The van der Waals surface area contributed by atoms with Gasteiger partial charge in [0.25, 0.3) is 0 Å². The average Bonchev–Trinajstić information content (AvgIpc) is 2.90. The van der Waals surface area contributed by atoms with Crippen LogP contribution in [0.1, 0.15) is 26.7 Å². The molecule has 1 spiro atoms. The lowest BCUT2D eigenvalue weighted by Gasteiger charge is -2.40. The largest absolute Gasteiger partial charge is 0.339 e. The van der Waals surface area contributed by atoms with Crippen LogP contribution in [-0.2, 0) is 4.79 Å². The Hall–Kier alpha value is -0.570. The molecule has 0 radical (unpaired) electrons. The molecule has 2 rings (SSSR count). The van der Waals surface area contributed by atoms with E-state index in [-0.39, 0.29) is 5.92 Å². The van der Waals surface area contributed by atoms with Crippen molar-refractivity contribution in [3.63, 3.8) is 0 Å². The van der Waals surface area contributed by atoms with Gasteiger partial charge in [0.05, 0.1) is 0 Å². The lowest BCUT2D eigenvalue weighted by Crippen LogP contribution is -2.55. The van der Waals surface area contributed by atoms with Crippen molar-refractivity contribution in [3.05, 3.63) is 0 Å². The van der Waals surface area contributed by atoms with Crippen LogP contribution in [0.25, 0.3) is 0 Å². The van der Waals surface area contributed by atoms with Gasteiger partial charge in [-0.15, -0.1) is 0 Å². The second kappa shape index (κ2) is 3.23. The lowest BCUT2D eigenvalue weighted by atomic mass is 10.1. The van der Waals surface area contributed by atoms with Crippen molar-refractivity contribution < 1.29 is 4.79 Å². The number of carbonyl (C=O) groups excluding carboxylic acids is 1. The third-order valence-corrected chi connectivity index (χ3v) is 3.63. The molecule has 0 atom stereocenters. The first-order valence-electron chi connectivity index (χ1n) is 5.55. The SMILES string of the molecule is CC(C)C(=O)N1CCN(C)C2(CC2)C1. The lowest BCUT2D eigenvalue weighted by molar-refractivity contribution is -0.137. The molecule has 14 heavy (non-hydrogen) atoms. The zero-order valence-corrected chi connectivity index (χ0v) is 9.42. The number of likely N-dealkylation sites (N-methyl/N-ethyl adjacent to an activating group) is 1. The van der Waals surface area contributed by atoms with Crippen LogP contribution < -0.4 is 0 Å². The van der Waals surface area contributed by atoms with Crippen LogP contribution in [0.2, 0.25) is 0 Å². The molecule has 1 saturated carbocycles. The van der Waals surface area contributed by atoms with Crippen molar-refractivity contribution in [1.29, 1.82) is 0 Å². The van der Waals surface area contributed by atoms with E-state index in [1.807, 2.05) is 13.8 Å². The average molecular weight is 196 g/mol. The molecular weight excluding hydrogens is 176 g/mol. The Balaban J connectivity index is 2.00. The first-order chi connectivity index (χ1) is 6.55. The highest BCUT2D eigenvalue weighted by atomic mass is 16.2. The van der Waals surface area contributed by atoms with Gasteiger partial charge in [-0.25, -0.2) is 0 Å². The smallest absolute Gasteiger partial charge is 0.225 e. The number of nitrogens with zero attached hydrogens (tertiary/aromatic N) is 2. The molecule has 2 aliphatic rings. The molecule has 1 amide bonds. The van der Waals surface area contributed by atoms with Crippen molar-refractivity contribution in [2.24, 2.45) is 5.92 Å². The van der Waals surface area contributed by atoms with E-state index in [1.165, 1.54) is 12.8 Å². The van der Waals surface area contributed by atoms with E-state index >= 15 is 0 Å². The van der Waals surface area contributed by atoms with Gasteiger partial charge in [0.1, 0.15) is 0 Å². The number of piperazine rings is 1. The van der Waals surface area contributed by atoms with Gasteiger partial charge in [-0.3, -0.25) is 9.69 Å². The fraction of sp³-hybridized carbons (Fsp3) is 0.909. The number of amides is 1. The molecule has 0 aromatic carbocycles.